The van der Waals surface area contributed by atoms with Gasteiger partial charge in [0.15, 0.2) is 11.5 Å². The monoisotopic (exact) mass is 325 g/mol. The number of benzene rings is 1. The molecule has 1 aromatic carbocycles. The molecule has 1 aliphatic rings. The molecule has 4 nitrogen and oxygen atoms in total. The Morgan fingerprint density at radius 1 is 1.24 bits per heavy atom. The van der Waals surface area contributed by atoms with Crippen LogP contribution in [0.4, 0.5) is 13.2 Å². The second-order valence-corrected chi connectivity index (χ2v) is 4.85. The smallest absolute Gasteiger partial charge is 0.411 e. The highest BCUT2D eigenvalue weighted by atomic mass is 35.5. The molecule has 1 heterocycles. The first-order valence-electron chi connectivity index (χ1n) is 6.39. The Balaban J connectivity index is 1.75. The van der Waals surface area contributed by atoms with Gasteiger partial charge in [0.1, 0.15) is 19.8 Å². The highest BCUT2D eigenvalue weighted by molar-refractivity contribution is 6.32. The first-order chi connectivity index (χ1) is 9.96. The van der Waals surface area contributed by atoms with Crippen LogP contribution >= 0.6 is 11.6 Å². The van der Waals surface area contributed by atoms with E-state index in [0.717, 1.165) is 5.56 Å². The second-order valence-electron chi connectivity index (χ2n) is 4.45. The fourth-order valence-electron chi connectivity index (χ4n) is 1.83. The third kappa shape index (κ3) is 5.26. The van der Waals surface area contributed by atoms with E-state index < -0.39 is 12.8 Å². The van der Waals surface area contributed by atoms with Gasteiger partial charge >= 0.3 is 6.18 Å². The van der Waals surface area contributed by atoms with Crippen molar-refractivity contribution >= 4 is 11.6 Å². The number of hydrogen-bond donors (Lipinski definition) is 1. The van der Waals surface area contributed by atoms with Crippen LogP contribution in [-0.2, 0) is 11.3 Å². The normalized spacial score (nSPS) is 14.3. The first kappa shape index (κ1) is 16.2. The first-order valence-corrected chi connectivity index (χ1v) is 6.77. The summed E-state index contributed by atoms with van der Waals surface area (Å²) in [6.07, 6.45) is -4.29. The van der Waals surface area contributed by atoms with Crippen molar-refractivity contribution in [1.82, 2.24) is 5.32 Å². The van der Waals surface area contributed by atoms with E-state index in [-0.39, 0.29) is 6.61 Å². The predicted octanol–water partition coefficient (Wildman–Crippen LogP) is 2.78. The maximum Gasteiger partial charge on any atom is 0.411 e. The van der Waals surface area contributed by atoms with E-state index >= 15 is 0 Å². The lowest BCUT2D eigenvalue weighted by atomic mass is 10.2. The molecule has 0 atom stereocenters. The summed E-state index contributed by atoms with van der Waals surface area (Å²) in [5, 5.41) is 3.43. The molecule has 0 spiro atoms. The van der Waals surface area contributed by atoms with Gasteiger partial charge in [-0.1, -0.05) is 11.6 Å². The summed E-state index contributed by atoms with van der Waals surface area (Å²) in [4.78, 5) is 0. The Bertz CT molecular complexity index is 482. The molecule has 1 N–H and O–H groups in total. The van der Waals surface area contributed by atoms with Crippen molar-refractivity contribution in [2.45, 2.75) is 12.7 Å². The third-order valence-corrected chi connectivity index (χ3v) is 2.96. The molecule has 118 valence electrons. The zero-order valence-electron chi connectivity index (χ0n) is 11.1. The number of ether oxygens (including phenoxy) is 3. The van der Waals surface area contributed by atoms with E-state index in [1.54, 1.807) is 12.1 Å². The molecule has 0 aliphatic carbocycles. The minimum Gasteiger partial charge on any atom is -0.486 e. The van der Waals surface area contributed by atoms with Gasteiger partial charge in [-0.3, -0.25) is 0 Å². The molecule has 2 rings (SSSR count). The van der Waals surface area contributed by atoms with Gasteiger partial charge in [0.25, 0.3) is 0 Å². The molecule has 1 aliphatic heterocycles. The fourth-order valence-corrected chi connectivity index (χ4v) is 2.12. The molecule has 0 bridgehead atoms. The molecular weight excluding hydrogens is 311 g/mol. The molecule has 1 aromatic rings. The largest absolute Gasteiger partial charge is 0.486 e. The average molecular weight is 326 g/mol. The zero-order valence-corrected chi connectivity index (χ0v) is 11.9. The molecule has 0 radical (unpaired) electrons. The van der Waals surface area contributed by atoms with Crippen molar-refractivity contribution in [3.05, 3.63) is 22.7 Å². The maximum absolute atomic E-state index is 11.8. The minimum absolute atomic E-state index is 0.0161. The topological polar surface area (TPSA) is 39.7 Å². The molecule has 0 fully saturated rings. The molecule has 8 heteroatoms. The lowest BCUT2D eigenvalue weighted by molar-refractivity contribution is -0.173. The zero-order chi connectivity index (χ0) is 15.3. The number of alkyl halides is 3. The van der Waals surface area contributed by atoms with Crippen LogP contribution in [0.25, 0.3) is 0 Å². The SMILES string of the molecule is FC(F)(F)COCCNCc1cc(Cl)c2c(c1)OCCO2. The molecule has 0 saturated carbocycles. The Morgan fingerprint density at radius 2 is 2.00 bits per heavy atom. The maximum atomic E-state index is 11.8. The van der Waals surface area contributed by atoms with Gasteiger partial charge in [0.2, 0.25) is 0 Å². The van der Waals surface area contributed by atoms with Crippen LogP contribution in [0.3, 0.4) is 0 Å². The van der Waals surface area contributed by atoms with E-state index in [0.29, 0.717) is 42.8 Å². The predicted molar refractivity (Wildman–Crippen MR) is 71.0 cm³/mol. The van der Waals surface area contributed by atoms with Gasteiger partial charge in [-0.15, -0.1) is 0 Å². The fraction of sp³-hybridized carbons (Fsp3) is 0.538. The summed E-state index contributed by atoms with van der Waals surface area (Å²) in [5.74, 6) is 1.11. The van der Waals surface area contributed by atoms with Crippen LogP contribution in [0.1, 0.15) is 5.56 Å². The number of halogens is 4. The van der Waals surface area contributed by atoms with Crippen LogP contribution in [0.2, 0.25) is 5.02 Å². The summed E-state index contributed by atoms with van der Waals surface area (Å²) in [7, 11) is 0. The Kier molecular flexibility index (Phi) is 5.55. The molecule has 21 heavy (non-hydrogen) atoms. The number of nitrogens with one attached hydrogen (secondary N) is 1. The van der Waals surface area contributed by atoms with Gasteiger partial charge in [-0.2, -0.15) is 13.2 Å². The Labute approximate surface area is 125 Å². The van der Waals surface area contributed by atoms with E-state index in [1.165, 1.54) is 0 Å². The summed E-state index contributed by atoms with van der Waals surface area (Å²) >= 11 is 6.08. The van der Waals surface area contributed by atoms with E-state index in [4.69, 9.17) is 21.1 Å². The second kappa shape index (κ2) is 7.20. The standard InChI is InChI=1S/C13H15ClF3NO3/c14-10-5-9(6-11-12(10)21-4-3-20-11)7-18-1-2-19-8-13(15,16)17/h5-6,18H,1-4,7-8H2. The van der Waals surface area contributed by atoms with Crippen molar-refractivity contribution in [3.63, 3.8) is 0 Å². The van der Waals surface area contributed by atoms with Crippen LogP contribution in [0.15, 0.2) is 12.1 Å². The van der Waals surface area contributed by atoms with Gasteiger partial charge in [0, 0.05) is 13.1 Å². The third-order valence-electron chi connectivity index (χ3n) is 2.67. The number of rotatable bonds is 6. The Morgan fingerprint density at radius 3 is 2.76 bits per heavy atom. The Hall–Kier alpha value is -1.18. The quantitative estimate of drug-likeness (QED) is 0.816. The highest BCUT2D eigenvalue weighted by Gasteiger charge is 2.27. The van der Waals surface area contributed by atoms with Crippen molar-refractivity contribution in [3.8, 4) is 11.5 Å². The van der Waals surface area contributed by atoms with Gasteiger partial charge in [-0.05, 0) is 17.7 Å². The van der Waals surface area contributed by atoms with Crippen LogP contribution < -0.4 is 14.8 Å². The lowest BCUT2D eigenvalue weighted by Gasteiger charge is -2.20. The molecule has 0 saturated heterocycles. The molecule has 0 unspecified atom stereocenters. The lowest BCUT2D eigenvalue weighted by Crippen LogP contribution is -2.23. The van der Waals surface area contributed by atoms with Crippen LogP contribution in [0.5, 0.6) is 11.5 Å². The van der Waals surface area contributed by atoms with E-state index in [9.17, 15) is 13.2 Å². The summed E-state index contributed by atoms with van der Waals surface area (Å²) in [5.41, 5.74) is 0.861. The summed E-state index contributed by atoms with van der Waals surface area (Å²) < 4.78 is 50.9. The van der Waals surface area contributed by atoms with Crippen molar-refractivity contribution in [1.29, 1.82) is 0 Å². The van der Waals surface area contributed by atoms with Crippen molar-refractivity contribution < 1.29 is 27.4 Å². The molecule has 0 amide bonds. The molecular formula is C13H15ClF3NO3. The average Bonchev–Trinajstić information content (AvgIpc) is 2.41. The number of fused-ring (bicyclic) bond motifs is 1. The van der Waals surface area contributed by atoms with E-state index in [2.05, 4.69) is 10.1 Å². The van der Waals surface area contributed by atoms with Crippen molar-refractivity contribution in [2.24, 2.45) is 0 Å². The summed E-state index contributed by atoms with van der Waals surface area (Å²) in [6, 6.07) is 3.53. The van der Waals surface area contributed by atoms with E-state index in [1.807, 2.05) is 0 Å². The molecule has 0 aromatic heterocycles. The van der Waals surface area contributed by atoms with Crippen LogP contribution in [-0.4, -0.2) is 39.1 Å². The van der Waals surface area contributed by atoms with Gasteiger partial charge in [0.05, 0.1) is 11.6 Å². The van der Waals surface area contributed by atoms with Crippen LogP contribution in [0, 0.1) is 0 Å². The highest BCUT2D eigenvalue weighted by Crippen LogP contribution is 2.38. The minimum atomic E-state index is -4.29. The van der Waals surface area contributed by atoms with Gasteiger partial charge in [-0.25, -0.2) is 0 Å². The number of hydrogen-bond acceptors (Lipinski definition) is 4. The van der Waals surface area contributed by atoms with Crippen molar-refractivity contribution in [2.75, 3.05) is 33.0 Å². The summed E-state index contributed by atoms with van der Waals surface area (Å²) in [6.45, 7) is 0.433. The van der Waals surface area contributed by atoms with Gasteiger partial charge < -0.3 is 19.5 Å².